The molecule has 0 radical (unpaired) electrons. The third-order valence-electron chi connectivity index (χ3n) is 5.81. The summed E-state index contributed by atoms with van der Waals surface area (Å²) in [6, 6.07) is 24.7. The molecule has 0 aliphatic carbocycles. The van der Waals surface area contributed by atoms with Gasteiger partial charge in [-0.1, -0.05) is 58.4 Å². The van der Waals surface area contributed by atoms with Crippen molar-refractivity contribution in [1.82, 2.24) is 9.55 Å². The molecule has 1 aliphatic heterocycles. The number of benzene rings is 3. The Bertz CT molecular complexity index is 1250. The first-order valence-electron chi connectivity index (χ1n) is 10.2. The van der Waals surface area contributed by atoms with Crippen LogP contribution in [0.25, 0.3) is 11.0 Å². The SMILES string of the molecule is Cc1ccccc1N1CC(c2nc3ccccc3n2Cc2cccc(Br)c2)CC1=O. The van der Waals surface area contributed by atoms with Crippen molar-refractivity contribution in [2.75, 3.05) is 11.4 Å². The van der Waals surface area contributed by atoms with Gasteiger partial charge in [-0.2, -0.15) is 0 Å². The number of hydrogen-bond donors (Lipinski definition) is 0. The molecule has 0 bridgehead atoms. The number of anilines is 1. The number of hydrogen-bond acceptors (Lipinski definition) is 2. The molecule has 1 unspecified atom stereocenters. The number of imidazole rings is 1. The first-order chi connectivity index (χ1) is 14.6. The monoisotopic (exact) mass is 459 g/mol. The van der Waals surface area contributed by atoms with Gasteiger partial charge in [0, 0.05) is 35.6 Å². The third-order valence-corrected chi connectivity index (χ3v) is 6.30. The lowest BCUT2D eigenvalue weighted by molar-refractivity contribution is -0.117. The molecule has 5 heteroatoms. The maximum atomic E-state index is 12.9. The van der Waals surface area contributed by atoms with E-state index in [0.29, 0.717) is 13.0 Å². The summed E-state index contributed by atoms with van der Waals surface area (Å²) in [6.45, 7) is 3.44. The van der Waals surface area contributed by atoms with E-state index in [9.17, 15) is 4.79 Å². The Morgan fingerprint density at radius 2 is 1.83 bits per heavy atom. The minimum absolute atomic E-state index is 0.0664. The fraction of sp³-hybridized carbons (Fsp3) is 0.200. The number of fused-ring (bicyclic) bond motifs is 1. The molecule has 1 amide bonds. The Labute approximate surface area is 184 Å². The zero-order valence-electron chi connectivity index (χ0n) is 16.8. The highest BCUT2D eigenvalue weighted by Crippen LogP contribution is 2.34. The van der Waals surface area contributed by atoms with Crippen molar-refractivity contribution in [2.24, 2.45) is 0 Å². The van der Waals surface area contributed by atoms with Crippen LogP contribution in [0.15, 0.2) is 77.3 Å². The zero-order chi connectivity index (χ0) is 20.7. The van der Waals surface area contributed by atoms with E-state index in [4.69, 9.17) is 4.98 Å². The van der Waals surface area contributed by atoms with E-state index in [-0.39, 0.29) is 11.8 Å². The minimum Gasteiger partial charge on any atom is -0.323 e. The van der Waals surface area contributed by atoms with Gasteiger partial charge in [-0.15, -0.1) is 0 Å². The van der Waals surface area contributed by atoms with Gasteiger partial charge in [0.15, 0.2) is 0 Å². The van der Waals surface area contributed by atoms with Crippen molar-refractivity contribution < 1.29 is 4.79 Å². The van der Waals surface area contributed by atoms with Crippen molar-refractivity contribution in [3.8, 4) is 0 Å². The summed E-state index contributed by atoms with van der Waals surface area (Å²) in [6.07, 6.45) is 0.482. The van der Waals surface area contributed by atoms with Crippen molar-refractivity contribution in [1.29, 1.82) is 0 Å². The van der Waals surface area contributed by atoms with E-state index in [1.165, 1.54) is 5.56 Å². The fourth-order valence-electron chi connectivity index (χ4n) is 4.37. The smallest absolute Gasteiger partial charge is 0.227 e. The molecule has 30 heavy (non-hydrogen) atoms. The molecular weight excluding hydrogens is 438 g/mol. The molecule has 2 heterocycles. The molecule has 1 aliphatic rings. The number of aromatic nitrogens is 2. The lowest BCUT2D eigenvalue weighted by atomic mass is 10.1. The van der Waals surface area contributed by atoms with E-state index in [0.717, 1.165) is 39.1 Å². The van der Waals surface area contributed by atoms with Crippen LogP contribution in [0, 0.1) is 6.92 Å². The molecule has 1 atom stereocenters. The molecular formula is C25H22BrN3O. The van der Waals surface area contributed by atoms with Gasteiger partial charge in [0.1, 0.15) is 5.82 Å². The minimum atomic E-state index is 0.0664. The third kappa shape index (κ3) is 3.43. The standard InChI is InChI=1S/C25H22BrN3O/c1-17-7-2-4-11-22(17)28-16-19(14-24(28)30)25-27-21-10-3-5-12-23(21)29(25)15-18-8-6-9-20(26)13-18/h2-13,19H,14-16H2,1H3. The molecule has 1 saturated heterocycles. The van der Waals surface area contributed by atoms with Gasteiger partial charge < -0.3 is 9.47 Å². The average Bonchev–Trinajstić information content (AvgIpc) is 3.29. The maximum Gasteiger partial charge on any atom is 0.227 e. The Hall–Kier alpha value is -2.92. The van der Waals surface area contributed by atoms with E-state index in [1.807, 2.05) is 47.4 Å². The van der Waals surface area contributed by atoms with Crippen LogP contribution in [-0.4, -0.2) is 22.0 Å². The molecule has 0 N–H and O–H groups in total. The van der Waals surface area contributed by atoms with Gasteiger partial charge in [0.2, 0.25) is 5.91 Å². The van der Waals surface area contributed by atoms with Gasteiger partial charge in [0.25, 0.3) is 0 Å². The van der Waals surface area contributed by atoms with Crippen molar-refractivity contribution >= 4 is 38.6 Å². The quantitative estimate of drug-likeness (QED) is 0.393. The van der Waals surface area contributed by atoms with Gasteiger partial charge in [-0.05, 0) is 48.4 Å². The number of rotatable bonds is 4. The lowest BCUT2D eigenvalue weighted by Gasteiger charge is -2.19. The van der Waals surface area contributed by atoms with Crippen LogP contribution in [0.5, 0.6) is 0 Å². The summed E-state index contributed by atoms with van der Waals surface area (Å²) < 4.78 is 3.34. The average molecular weight is 460 g/mol. The van der Waals surface area contributed by atoms with Crippen molar-refractivity contribution in [3.63, 3.8) is 0 Å². The molecule has 3 aromatic carbocycles. The number of nitrogens with zero attached hydrogens (tertiary/aromatic N) is 3. The highest BCUT2D eigenvalue weighted by atomic mass is 79.9. The first-order valence-corrected chi connectivity index (χ1v) is 10.9. The number of aryl methyl sites for hydroxylation is 1. The lowest BCUT2D eigenvalue weighted by Crippen LogP contribution is -2.25. The highest BCUT2D eigenvalue weighted by Gasteiger charge is 2.35. The summed E-state index contributed by atoms with van der Waals surface area (Å²) in [5.41, 5.74) is 5.40. The van der Waals surface area contributed by atoms with Crippen LogP contribution in [-0.2, 0) is 11.3 Å². The van der Waals surface area contributed by atoms with Crippen LogP contribution in [0.4, 0.5) is 5.69 Å². The second kappa shape index (κ2) is 7.73. The normalized spacial score (nSPS) is 16.5. The first kappa shape index (κ1) is 19.1. The van der Waals surface area contributed by atoms with Crippen LogP contribution < -0.4 is 4.90 Å². The second-order valence-electron chi connectivity index (χ2n) is 7.87. The predicted octanol–water partition coefficient (Wildman–Crippen LogP) is 5.68. The van der Waals surface area contributed by atoms with Crippen molar-refractivity contribution in [2.45, 2.75) is 25.8 Å². The second-order valence-corrected chi connectivity index (χ2v) is 8.78. The van der Waals surface area contributed by atoms with Gasteiger partial charge in [0.05, 0.1) is 11.0 Å². The van der Waals surface area contributed by atoms with E-state index >= 15 is 0 Å². The predicted molar refractivity (Wildman–Crippen MR) is 124 cm³/mol. The van der Waals surface area contributed by atoms with Gasteiger partial charge >= 0.3 is 0 Å². The number of halogens is 1. The maximum absolute atomic E-state index is 12.9. The summed E-state index contributed by atoms with van der Waals surface area (Å²) in [4.78, 5) is 19.8. The molecule has 150 valence electrons. The van der Waals surface area contributed by atoms with Crippen molar-refractivity contribution in [3.05, 3.63) is 94.2 Å². The van der Waals surface area contributed by atoms with Gasteiger partial charge in [-0.3, -0.25) is 4.79 Å². The number of amides is 1. The number of carbonyl (C=O) groups is 1. The molecule has 0 spiro atoms. The molecule has 5 rings (SSSR count). The Morgan fingerprint density at radius 3 is 2.67 bits per heavy atom. The Morgan fingerprint density at radius 1 is 1.03 bits per heavy atom. The summed E-state index contributed by atoms with van der Waals surface area (Å²) in [7, 11) is 0. The summed E-state index contributed by atoms with van der Waals surface area (Å²) in [5.74, 6) is 1.22. The summed E-state index contributed by atoms with van der Waals surface area (Å²) >= 11 is 3.57. The molecule has 1 aromatic heterocycles. The molecule has 4 aromatic rings. The van der Waals surface area contributed by atoms with Crippen LogP contribution in [0.3, 0.4) is 0 Å². The molecule has 4 nitrogen and oxygen atoms in total. The Kier molecular flexibility index (Phi) is 4.91. The molecule has 0 saturated carbocycles. The number of carbonyl (C=O) groups excluding carboxylic acids is 1. The fourth-order valence-corrected chi connectivity index (χ4v) is 4.82. The molecule has 1 fully saturated rings. The van der Waals surface area contributed by atoms with Gasteiger partial charge in [-0.25, -0.2) is 4.98 Å². The van der Waals surface area contributed by atoms with E-state index in [1.54, 1.807) is 0 Å². The van der Waals surface area contributed by atoms with Crippen LogP contribution in [0.1, 0.15) is 29.3 Å². The van der Waals surface area contributed by atoms with E-state index in [2.05, 4.69) is 57.8 Å². The largest absolute Gasteiger partial charge is 0.323 e. The zero-order valence-corrected chi connectivity index (χ0v) is 18.3. The van der Waals surface area contributed by atoms with Crippen LogP contribution >= 0.6 is 15.9 Å². The Balaban J connectivity index is 1.54. The summed E-state index contributed by atoms with van der Waals surface area (Å²) in [5, 5.41) is 0. The number of para-hydroxylation sites is 3. The topological polar surface area (TPSA) is 38.1 Å². The highest BCUT2D eigenvalue weighted by molar-refractivity contribution is 9.10. The van der Waals surface area contributed by atoms with E-state index < -0.39 is 0 Å². The van der Waals surface area contributed by atoms with Crippen LogP contribution in [0.2, 0.25) is 0 Å².